The van der Waals surface area contributed by atoms with Crippen molar-refractivity contribution >= 4 is 67.4 Å². The third kappa shape index (κ3) is 5.82. The molecule has 204 valence electrons. The summed E-state index contributed by atoms with van der Waals surface area (Å²) >= 11 is 2.69. The van der Waals surface area contributed by atoms with E-state index in [1.807, 2.05) is 48.6 Å². The predicted octanol–water partition coefficient (Wildman–Crippen LogP) is -2.10. The van der Waals surface area contributed by atoms with Gasteiger partial charge in [0.05, 0.1) is 23.0 Å². The number of carboxylic acid groups (broad SMARTS) is 1. The van der Waals surface area contributed by atoms with Gasteiger partial charge in [0, 0.05) is 47.7 Å². The molecule has 2 amide bonds. The van der Waals surface area contributed by atoms with Gasteiger partial charge in [0.1, 0.15) is 11.4 Å². The van der Waals surface area contributed by atoms with Crippen molar-refractivity contribution in [3.05, 3.63) is 70.1 Å². The molecule has 3 heterocycles. The zero-order chi connectivity index (χ0) is 27.9. The van der Waals surface area contributed by atoms with Crippen molar-refractivity contribution in [2.24, 2.45) is 0 Å². The van der Waals surface area contributed by atoms with E-state index in [4.69, 9.17) is 0 Å². The van der Waals surface area contributed by atoms with E-state index in [1.54, 1.807) is 18.2 Å². The molecule has 14 heteroatoms. The van der Waals surface area contributed by atoms with Crippen molar-refractivity contribution in [1.29, 1.82) is 0 Å². The molecule has 1 fully saturated rings. The zero-order valence-electron chi connectivity index (χ0n) is 22.0. The number of thioether (sulfide) groups is 1. The first-order valence-electron chi connectivity index (χ1n) is 12.0. The molecule has 2 aromatic carbocycles. The number of nitrogens with zero attached hydrogens (tertiary/aromatic N) is 2. The van der Waals surface area contributed by atoms with Gasteiger partial charge in [-0.05, 0) is 29.2 Å². The Bertz CT molecular complexity index is 1610. The molecule has 3 aromatic rings. The van der Waals surface area contributed by atoms with Gasteiger partial charge in [-0.1, -0.05) is 30.3 Å². The van der Waals surface area contributed by atoms with Gasteiger partial charge < -0.3 is 20.1 Å². The molecule has 1 aromatic heterocycles. The second-order valence-corrected chi connectivity index (χ2v) is 13.2. The number of carboxylic acids is 1. The summed E-state index contributed by atoms with van der Waals surface area (Å²) in [6.07, 6.45) is 0.124. The van der Waals surface area contributed by atoms with Crippen molar-refractivity contribution in [3.63, 3.8) is 0 Å². The zero-order valence-corrected chi connectivity index (χ0v) is 26.5. The van der Waals surface area contributed by atoms with Gasteiger partial charge in [-0.3, -0.25) is 14.5 Å². The molecule has 2 N–H and O–H groups in total. The molecular weight excluding hydrogens is 583 g/mol. The average Bonchev–Trinajstić information content (AvgIpc) is 3.42. The Balaban J connectivity index is 0.00000370. The molecule has 0 aliphatic carbocycles. The second-order valence-electron chi connectivity index (χ2n) is 9.30. The second kappa shape index (κ2) is 12.2. The number of anilines is 1. The Morgan fingerprint density at radius 2 is 1.82 bits per heavy atom. The number of aliphatic carboxylic acids is 1. The maximum absolute atomic E-state index is 13.3. The van der Waals surface area contributed by atoms with Crippen LogP contribution in [0.15, 0.2) is 70.1 Å². The first kappa shape index (κ1) is 30.6. The molecular formula is C26H25N4NaO6S3. The maximum Gasteiger partial charge on any atom is 1.00 e. The molecule has 2 aliphatic heterocycles. The van der Waals surface area contributed by atoms with Crippen LogP contribution in [0.2, 0.25) is 0 Å². The summed E-state index contributed by atoms with van der Waals surface area (Å²) in [7, 11) is -0.305. The van der Waals surface area contributed by atoms with Crippen molar-refractivity contribution < 1.29 is 57.5 Å². The van der Waals surface area contributed by atoms with Crippen LogP contribution in [0.3, 0.4) is 0 Å². The maximum atomic E-state index is 13.3. The Hall–Kier alpha value is -2.39. The number of carbonyl (C=O) groups excluding carboxylic acids is 3. The van der Waals surface area contributed by atoms with Crippen LogP contribution < -0.4 is 49.6 Å². The number of sulfonamides is 1. The number of fused-ring (bicyclic) bond motifs is 2. The Labute approximate surface area is 262 Å². The number of amides is 2. The molecule has 0 unspecified atom stereocenters. The third-order valence-corrected chi connectivity index (χ3v) is 10.3. The topological polar surface area (TPSA) is 139 Å². The fourth-order valence-electron chi connectivity index (χ4n) is 4.75. The van der Waals surface area contributed by atoms with Crippen LogP contribution in [0.4, 0.5) is 5.69 Å². The van der Waals surface area contributed by atoms with Gasteiger partial charge in [0.25, 0.3) is 5.91 Å². The summed E-state index contributed by atoms with van der Waals surface area (Å²) < 4.78 is 29.2. The van der Waals surface area contributed by atoms with Gasteiger partial charge in [-0.25, -0.2) is 13.1 Å². The number of hydrogen-bond donors (Lipinski definition) is 2. The third-order valence-electron chi connectivity index (χ3n) is 6.58. The predicted molar refractivity (Wildman–Crippen MR) is 149 cm³/mol. The van der Waals surface area contributed by atoms with Crippen LogP contribution in [0.5, 0.6) is 0 Å². The van der Waals surface area contributed by atoms with Gasteiger partial charge in [-0.15, -0.1) is 23.1 Å². The number of thiophene rings is 1. The van der Waals surface area contributed by atoms with Gasteiger partial charge in [0.15, 0.2) is 0 Å². The fourth-order valence-corrected chi connectivity index (χ4v) is 8.05. The number of hydrogen-bond acceptors (Lipinski definition) is 9. The summed E-state index contributed by atoms with van der Waals surface area (Å²) in [6.45, 7) is -0.311. The minimum atomic E-state index is -4.04. The van der Waals surface area contributed by atoms with E-state index in [2.05, 4.69) is 10.0 Å². The molecule has 5 rings (SSSR count). The van der Waals surface area contributed by atoms with E-state index in [1.165, 1.54) is 29.2 Å². The number of rotatable bonds is 9. The van der Waals surface area contributed by atoms with E-state index >= 15 is 0 Å². The molecule has 40 heavy (non-hydrogen) atoms. The van der Waals surface area contributed by atoms with Crippen molar-refractivity contribution in [3.8, 4) is 0 Å². The van der Waals surface area contributed by atoms with E-state index in [0.29, 0.717) is 5.39 Å². The molecule has 10 nitrogen and oxygen atoms in total. The summed E-state index contributed by atoms with van der Waals surface area (Å²) in [6, 6.07) is 13.1. The molecule has 0 bridgehead atoms. The van der Waals surface area contributed by atoms with E-state index in [9.17, 15) is 27.9 Å². The average molecular weight is 609 g/mol. The number of β-lactam (4-membered cyclic amide) rings is 1. The van der Waals surface area contributed by atoms with Crippen LogP contribution in [0.25, 0.3) is 10.8 Å². The van der Waals surface area contributed by atoms with Crippen LogP contribution in [0.1, 0.15) is 4.88 Å². The first-order valence-corrected chi connectivity index (χ1v) is 15.4. The van der Waals surface area contributed by atoms with Crippen molar-refractivity contribution in [2.45, 2.75) is 22.7 Å². The summed E-state index contributed by atoms with van der Waals surface area (Å²) in [5.41, 5.74) is 0.711. The normalized spacial score (nSPS) is 18.6. The monoisotopic (exact) mass is 608 g/mol. The summed E-state index contributed by atoms with van der Waals surface area (Å²) in [5, 5.41) is 17.3. The van der Waals surface area contributed by atoms with Crippen LogP contribution in [0, 0.1) is 0 Å². The number of carbonyl (C=O) groups is 3. The van der Waals surface area contributed by atoms with Gasteiger partial charge >= 0.3 is 29.6 Å². The van der Waals surface area contributed by atoms with Crippen LogP contribution in [-0.2, 0) is 30.8 Å². The number of benzene rings is 2. The Morgan fingerprint density at radius 1 is 1.10 bits per heavy atom. The molecule has 0 spiro atoms. The Kier molecular flexibility index (Phi) is 9.35. The largest absolute Gasteiger partial charge is 1.00 e. The molecule has 2 atom stereocenters. The first-order chi connectivity index (χ1) is 18.6. The van der Waals surface area contributed by atoms with Crippen molar-refractivity contribution in [2.75, 3.05) is 31.3 Å². The summed E-state index contributed by atoms with van der Waals surface area (Å²) in [5.74, 6) is -2.33. The van der Waals surface area contributed by atoms with Crippen molar-refractivity contribution in [1.82, 2.24) is 14.9 Å². The fraction of sp³-hybridized carbons (Fsp3) is 0.269. The number of nitrogens with one attached hydrogen (secondary N) is 2. The Morgan fingerprint density at radius 3 is 2.50 bits per heavy atom. The standard InChI is InChI=1S/C26H26N4O6S3.Na/c1-29(2)19-9-3-8-18-17(19)7-4-10-20(18)39(35,36)27-13-15-14-38-25-22(24(32)30(25)23(15)26(33)34)28-21(31)12-16-6-5-11-37-16;/h3-11,22,25,27H,12-14H2,1-2H3,(H,28,31)(H,33,34);/q;+1/p-1/t22-,25+;/m0./s1. The smallest absolute Gasteiger partial charge is 0.543 e. The van der Waals surface area contributed by atoms with Crippen LogP contribution >= 0.6 is 23.1 Å². The molecule has 0 radical (unpaired) electrons. The van der Waals surface area contributed by atoms with Crippen LogP contribution in [-0.4, -0.2) is 68.9 Å². The molecule has 2 aliphatic rings. The quantitative estimate of drug-likeness (QED) is 0.208. The van der Waals surface area contributed by atoms with E-state index in [-0.39, 0.29) is 70.3 Å². The SMILES string of the molecule is CN(C)c1cccc2c(S(=O)(=O)NCC3=C(C(=O)[O-])N4C(=O)[C@H](NC(=O)Cc5cccs5)[C@H]4SC3)cccc12.[Na+]. The van der Waals surface area contributed by atoms with E-state index in [0.717, 1.165) is 20.9 Å². The molecule has 1 saturated heterocycles. The minimum absolute atomic E-state index is 0. The van der Waals surface area contributed by atoms with Gasteiger partial charge in [-0.2, -0.15) is 0 Å². The van der Waals surface area contributed by atoms with E-state index < -0.39 is 33.3 Å². The molecule has 0 saturated carbocycles. The minimum Gasteiger partial charge on any atom is -0.543 e. The summed E-state index contributed by atoms with van der Waals surface area (Å²) in [4.78, 5) is 41.2. The van der Waals surface area contributed by atoms with Gasteiger partial charge in [0.2, 0.25) is 15.9 Å².